The number of fused-ring (bicyclic) bond motifs is 1. The van der Waals surface area contributed by atoms with Crippen molar-refractivity contribution >= 4 is 22.5 Å². The molecule has 1 amide bonds. The Morgan fingerprint density at radius 1 is 1.20 bits per heavy atom. The molecule has 4 nitrogen and oxygen atoms in total. The van der Waals surface area contributed by atoms with Crippen molar-refractivity contribution < 1.29 is 9.21 Å². The summed E-state index contributed by atoms with van der Waals surface area (Å²) < 4.78 is 7.41. The van der Waals surface area contributed by atoms with Crippen molar-refractivity contribution in [3.63, 3.8) is 0 Å². The monoisotopic (exact) mass is 268 g/mol. The van der Waals surface area contributed by atoms with Crippen LogP contribution in [0.4, 0.5) is 5.69 Å². The maximum Gasteiger partial charge on any atom is 0.259 e. The lowest BCUT2D eigenvalue weighted by Crippen LogP contribution is -2.12. The summed E-state index contributed by atoms with van der Waals surface area (Å²) in [5.74, 6) is 1.23. The van der Waals surface area contributed by atoms with Crippen LogP contribution in [-0.4, -0.2) is 10.5 Å². The molecular weight excluding hydrogens is 252 g/mol. The van der Waals surface area contributed by atoms with Crippen molar-refractivity contribution in [2.24, 2.45) is 7.05 Å². The third kappa shape index (κ3) is 2.09. The third-order valence-electron chi connectivity index (χ3n) is 3.43. The molecule has 0 fully saturated rings. The van der Waals surface area contributed by atoms with E-state index in [9.17, 15) is 4.79 Å². The topological polar surface area (TPSA) is 47.2 Å². The average Bonchev–Trinajstić information content (AvgIpc) is 2.93. The minimum Gasteiger partial charge on any atom is -0.466 e. The van der Waals surface area contributed by atoms with Gasteiger partial charge in [0.2, 0.25) is 0 Å². The summed E-state index contributed by atoms with van der Waals surface area (Å²) in [7, 11) is 1.98. The first-order valence-electron chi connectivity index (χ1n) is 6.48. The highest BCUT2D eigenvalue weighted by Crippen LogP contribution is 2.21. The number of aromatic nitrogens is 1. The summed E-state index contributed by atoms with van der Waals surface area (Å²) in [4.78, 5) is 12.2. The number of hydrogen-bond donors (Lipinski definition) is 1. The molecule has 20 heavy (non-hydrogen) atoms. The van der Waals surface area contributed by atoms with Crippen molar-refractivity contribution in [2.45, 2.75) is 13.8 Å². The molecule has 0 radical (unpaired) electrons. The van der Waals surface area contributed by atoms with Crippen LogP contribution in [0.2, 0.25) is 0 Å². The number of furan rings is 1. The molecule has 0 aliphatic rings. The van der Waals surface area contributed by atoms with E-state index in [0.717, 1.165) is 22.4 Å². The number of carbonyl (C=O) groups is 1. The zero-order valence-electron chi connectivity index (χ0n) is 11.7. The first-order valence-corrected chi connectivity index (χ1v) is 6.48. The molecule has 3 rings (SSSR count). The lowest BCUT2D eigenvalue weighted by atomic mass is 10.2. The van der Waals surface area contributed by atoms with Crippen LogP contribution < -0.4 is 5.32 Å². The van der Waals surface area contributed by atoms with Crippen molar-refractivity contribution in [1.29, 1.82) is 0 Å². The summed E-state index contributed by atoms with van der Waals surface area (Å²) in [5, 5.41) is 4.06. The quantitative estimate of drug-likeness (QED) is 0.771. The number of carbonyl (C=O) groups excluding carboxylic acids is 1. The standard InChI is InChI=1S/C16H16N2O2/c1-10-8-14(11(2)20-10)16(19)17-13-5-4-12-6-7-18(3)15(12)9-13/h4-9H,1-3H3,(H,17,19). The second kappa shape index (κ2) is 4.56. The van der Waals surface area contributed by atoms with E-state index < -0.39 is 0 Å². The summed E-state index contributed by atoms with van der Waals surface area (Å²) in [6, 6.07) is 9.67. The molecule has 0 saturated heterocycles. The predicted molar refractivity (Wildman–Crippen MR) is 79.1 cm³/mol. The van der Waals surface area contributed by atoms with Gasteiger partial charge in [-0.05, 0) is 43.5 Å². The van der Waals surface area contributed by atoms with Crippen molar-refractivity contribution in [1.82, 2.24) is 4.57 Å². The maximum atomic E-state index is 12.2. The maximum absolute atomic E-state index is 12.2. The second-order valence-electron chi connectivity index (χ2n) is 4.98. The molecule has 102 valence electrons. The molecule has 0 bridgehead atoms. The minimum absolute atomic E-state index is 0.145. The highest BCUT2D eigenvalue weighted by molar-refractivity contribution is 6.05. The van der Waals surface area contributed by atoms with Crippen molar-refractivity contribution in [3.8, 4) is 0 Å². The summed E-state index contributed by atoms with van der Waals surface area (Å²) in [5.41, 5.74) is 2.44. The lowest BCUT2D eigenvalue weighted by Gasteiger charge is -2.05. The van der Waals surface area contributed by atoms with Gasteiger partial charge in [0.1, 0.15) is 11.5 Å². The van der Waals surface area contributed by atoms with Crippen LogP contribution in [0.15, 0.2) is 40.9 Å². The van der Waals surface area contributed by atoms with Crippen LogP contribution in [-0.2, 0) is 7.05 Å². The fourth-order valence-electron chi connectivity index (χ4n) is 2.39. The Bertz CT molecular complexity index is 796. The molecule has 3 aromatic rings. The largest absolute Gasteiger partial charge is 0.466 e. The van der Waals surface area contributed by atoms with E-state index in [2.05, 4.69) is 5.32 Å². The van der Waals surface area contributed by atoms with Crippen LogP contribution in [0.3, 0.4) is 0 Å². The van der Waals surface area contributed by atoms with E-state index in [1.165, 1.54) is 0 Å². The Hall–Kier alpha value is -2.49. The molecule has 2 heterocycles. The number of nitrogens with zero attached hydrogens (tertiary/aromatic N) is 1. The van der Waals surface area contributed by atoms with Gasteiger partial charge in [0, 0.05) is 24.4 Å². The number of aryl methyl sites for hydroxylation is 3. The lowest BCUT2D eigenvalue weighted by molar-refractivity contribution is 0.102. The molecular formula is C16H16N2O2. The zero-order chi connectivity index (χ0) is 14.3. The van der Waals surface area contributed by atoms with Gasteiger partial charge in [0.15, 0.2) is 0 Å². The first-order chi connectivity index (χ1) is 9.54. The number of hydrogen-bond acceptors (Lipinski definition) is 2. The van der Waals surface area contributed by atoms with E-state index in [1.807, 2.05) is 49.0 Å². The van der Waals surface area contributed by atoms with Crippen LogP contribution in [0, 0.1) is 13.8 Å². The van der Waals surface area contributed by atoms with Gasteiger partial charge in [-0.25, -0.2) is 0 Å². The fraction of sp³-hybridized carbons (Fsp3) is 0.188. The number of anilines is 1. The van der Waals surface area contributed by atoms with Gasteiger partial charge in [0.25, 0.3) is 5.91 Å². The molecule has 0 aliphatic heterocycles. The number of rotatable bonds is 2. The Kier molecular flexibility index (Phi) is 2.86. The van der Waals surface area contributed by atoms with Gasteiger partial charge in [-0.1, -0.05) is 6.07 Å². The average molecular weight is 268 g/mol. The van der Waals surface area contributed by atoms with E-state index in [4.69, 9.17) is 4.42 Å². The molecule has 0 saturated carbocycles. The van der Waals surface area contributed by atoms with Gasteiger partial charge < -0.3 is 14.3 Å². The summed E-state index contributed by atoms with van der Waals surface area (Å²) >= 11 is 0. The Morgan fingerprint density at radius 2 is 2.00 bits per heavy atom. The smallest absolute Gasteiger partial charge is 0.259 e. The molecule has 0 atom stereocenters. The van der Waals surface area contributed by atoms with Crippen molar-refractivity contribution in [2.75, 3.05) is 5.32 Å². The van der Waals surface area contributed by atoms with Gasteiger partial charge in [-0.2, -0.15) is 0 Å². The SMILES string of the molecule is Cc1cc(C(=O)Nc2ccc3ccn(C)c3c2)c(C)o1. The number of amides is 1. The number of nitrogens with one attached hydrogen (secondary N) is 1. The molecule has 1 aromatic carbocycles. The molecule has 0 unspecified atom stereocenters. The first kappa shape index (κ1) is 12.5. The third-order valence-corrected chi connectivity index (χ3v) is 3.43. The van der Waals surface area contributed by atoms with Gasteiger partial charge >= 0.3 is 0 Å². The molecule has 0 spiro atoms. The Balaban J connectivity index is 1.90. The van der Waals surface area contributed by atoms with Gasteiger partial charge in [0.05, 0.1) is 5.56 Å². The second-order valence-corrected chi connectivity index (χ2v) is 4.98. The fourth-order valence-corrected chi connectivity index (χ4v) is 2.39. The van der Waals surface area contributed by atoms with Crippen LogP contribution in [0.5, 0.6) is 0 Å². The zero-order valence-corrected chi connectivity index (χ0v) is 11.7. The summed E-state index contributed by atoms with van der Waals surface area (Å²) in [6.45, 7) is 3.63. The van der Waals surface area contributed by atoms with E-state index in [-0.39, 0.29) is 5.91 Å². The minimum atomic E-state index is -0.145. The summed E-state index contributed by atoms with van der Waals surface area (Å²) in [6.07, 6.45) is 2.00. The highest BCUT2D eigenvalue weighted by atomic mass is 16.3. The molecule has 4 heteroatoms. The predicted octanol–water partition coefficient (Wildman–Crippen LogP) is 3.64. The van der Waals surface area contributed by atoms with Crippen LogP contribution in [0.1, 0.15) is 21.9 Å². The van der Waals surface area contributed by atoms with E-state index >= 15 is 0 Å². The number of benzene rings is 1. The molecule has 1 N–H and O–H groups in total. The normalized spacial score (nSPS) is 10.9. The van der Waals surface area contributed by atoms with Crippen LogP contribution in [0.25, 0.3) is 10.9 Å². The van der Waals surface area contributed by atoms with Gasteiger partial charge in [-0.15, -0.1) is 0 Å². The molecule has 0 aliphatic carbocycles. The molecule has 2 aromatic heterocycles. The van der Waals surface area contributed by atoms with E-state index in [0.29, 0.717) is 11.3 Å². The van der Waals surface area contributed by atoms with Gasteiger partial charge in [-0.3, -0.25) is 4.79 Å². The highest BCUT2D eigenvalue weighted by Gasteiger charge is 2.13. The van der Waals surface area contributed by atoms with Crippen LogP contribution >= 0.6 is 0 Å². The Morgan fingerprint density at radius 3 is 2.70 bits per heavy atom. The van der Waals surface area contributed by atoms with Crippen molar-refractivity contribution in [3.05, 3.63) is 53.6 Å². The van der Waals surface area contributed by atoms with E-state index in [1.54, 1.807) is 13.0 Å². The Labute approximate surface area is 117 Å².